The van der Waals surface area contributed by atoms with Gasteiger partial charge in [0.25, 0.3) is 5.91 Å². The number of aromatic nitrogens is 1. The number of rotatable bonds is 8. The highest BCUT2D eigenvalue weighted by molar-refractivity contribution is 8.03. The molecule has 0 spiro atoms. The highest BCUT2D eigenvalue weighted by Crippen LogP contribution is 2.35. The second-order valence-corrected chi connectivity index (χ2v) is 10.2. The van der Waals surface area contributed by atoms with Crippen LogP contribution in [-0.4, -0.2) is 17.0 Å². The molecule has 4 aromatic rings. The second kappa shape index (κ2) is 10.6. The van der Waals surface area contributed by atoms with E-state index in [9.17, 15) is 14.0 Å². The SMILES string of the molecule is C=CSNc1ccc(Nc2c(C)cc(F)cc2C)c(-n2cc(C)c(=O)c3cc(C(=O)NCC)sc32)c1. The predicted octanol–water partition coefficient (Wildman–Crippen LogP) is 6.81. The van der Waals surface area contributed by atoms with Gasteiger partial charge >= 0.3 is 0 Å². The zero-order valence-corrected chi connectivity index (χ0v) is 22.1. The summed E-state index contributed by atoms with van der Waals surface area (Å²) in [5, 5.41) is 8.45. The molecule has 0 saturated heterocycles. The van der Waals surface area contributed by atoms with E-state index in [1.54, 1.807) is 24.6 Å². The number of nitrogens with zero attached hydrogens (tertiary/aromatic N) is 1. The van der Waals surface area contributed by atoms with Crippen LogP contribution < -0.4 is 20.8 Å². The van der Waals surface area contributed by atoms with Gasteiger partial charge in [0.2, 0.25) is 0 Å². The van der Waals surface area contributed by atoms with Crippen LogP contribution in [0.3, 0.4) is 0 Å². The van der Waals surface area contributed by atoms with Gasteiger partial charge in [0.1, 0.15) is 10.6 Å². The summed E-state index contributed by atoms with van der Waals surface area (Å²) < 4.78 is 19.1. The Morgan fingerprint density at radius 1 is 1.14 bits per heavy atom. The van der Waals surface area contributed by atoms with Crippen LogP contribution in [0, 0.1) is 26.6 Å². The van der Waals surface area contributed by atoms with E-state index in [1.807, 2.05) is 43.5 Å². The minimum atomic E-state index is -0.286. The molecule has 0 unspecified atom stereocenters. The van der Waals surface area contributed by atoms with Crippen molar-refractivity contribution in [1.82, 2.24) is 9.88 Å². The van der Waals surface area contributed by atoms with Gasteiger partial charge in [-0.05, 0) is 92.6 Å². The number of benzene rings is 2. The maximum Gasteiger partial charge on any atom is 0.261 e. The monoisotopic (exact) mass is 522 g/mol. The molecule has 9 heteroatoms. The fraction of sp³-hybridized carbons (Fsp3) is 0.185. The minimum Gasteiger partial charge on any atom is -0.353 e. The molecule has 0 aliphatic carbocycles. The number of aryl methyl sites for hydroxylation is 3. The molecule has 2 heterocycles. The Kier molecular flexibility index (Phi) is 7.51. The molecule has 0 fully saturated rings. The van der Waals surface area contributed by atoms with Gasteiger partial charge in [-0.3, -0.25) is 9.59 Å². The van der Waals surface area contributed by atoms with Crippen molar-refractivity contribution in [1.29, 1.82) is 0 Å². The summed E-state index contributed by atoms with van der Waals surface area (Å²) in [6, 6.07) is 10.5. The lowest BCUT2D eigenvalue weighted by Gasteiger charge is -2.20. The molecular formula is C27H27FN4O2S2. The van der Waals surface area contributed by atoms with Gasteiger partial charge in [0.05, 0.1) is 21.6 Å². The van der Waals surface area contributed by atoms with Crippen molar-refractivity contribution < 1.29 is 9.18 Å². The first kappa shape index (κ1) is 25.5. The van der Waals surface area contributed by atoms with E-state index in [1.165, 1.54) is 35.4 Å². The molecule has 0 radical (unpaired) electrons. The van der Waals surface area contributed by atoms with E-state index in [0.717, 1.165) is 33.9 Å². The van der Waals surface area contributed by atoms with E-state index < -0.39 is 0 Å². The number of halogens is 1. The zero-order chi connectivity index (χ0) is 26.0. The highest BCUT2D eigenvalue weighted by Gasteiger charge is 2.18. The molecule has 0 aliphatic rings. The lowest BCUT2D eigenvalue weighted by atomic mass is 10.1. The number of pyridine rings is 1. The summed E-state index contributed by atoms with van der Waals surface area (Å²) in [6.07, 6.45) is 1.79. The van der Waals surface area contributed by atoms with E-state index in [4.69, 9.17) is 0 Å². The Morgan fingerprint density at radius 2 is 1.86 bits per heavy atom. The maximum atomic E-state index is 13.9. The molecule has 3 N–H and O–H groups in total. The quantitative estimate of drug-likeness (QED) is 0.222. The average molecular weight is 523 g/mol. The van der Waals surface area contributed by atoms with Gasteiger partial charge in [-0.2, -0.15) is 0 Å². The summed E-state index contributed by atoms with van der Waals surface area (Å²) in [5.74, 6) is -0.498. The van der Waals surface area contributed by atoms with Gasteiger partial charge in [-0.25, -0.2) is 4.39 Å². The van der Waals surface area contributed by atoms with E-state index in [0.29, 0.717) is 27.2 Å². The fourth-order valence-corrected chi connectivity index (χ4v) is 5.44. The smallest absolute Gasteiger partial charge is 0.261 e. The molecule has 0 saturated carbocycles. The van der Waals surface area contributed by atoms with Crippen molar-refractivity contribution in [2.75, 3.05) is 16.6 Å². The number of carbonyl (C=O) groups is 1. The normalized spacial score (nSPS) is 10.9. The van der Waals surface area contributed by atoms with Crippen molar-refractivity contribution in [3.05, 3.63) is 92.2 Å². The first-order valence-electron chi connectivity index (χ1n) is 11.4. The largest absolute Gasteiger partial charge is 0.353 e. The van der Waals surface area contributed by atoms with Crippen molar-refractivity contribution in [3.63, 3.8) is 0 Å². The summed E-state index contributed by atoms with van der Waals surface area (Å²) in [6.45, 7) is 11.6. The molecule has 0 bridgehead atoms. The number of anilines is 3. The molecule has 0 atom stereocenters. The summed E-state index contributed by atoms with van der Waals surface area (Å²) >= 11 is 2.61. The van der Waals surface area contributed by atoms with E-state index >= 15 is 0 Å². The standard InChI is InChI=1S/C27H27FN4O2S2/c1-6-29-26(34)23-13-20-25(33)17(5)14-32(27(20)36-23)22-12-19(31-35-7-2)8-9-21(22)30-24-15(3)10-18(28)11-16(24)4/h7-14,30-31H,2,6H2,1,3-5H3,(H,29,34). The van der Waals surface area contributed by atoms with Gasteiger partial charge < -0.3 is 19.9 Å². The van der Waals surface area contributed by atoms with Crippen LogP contribution in [0.15, 0.2) is 59.4 Å². The lowest BCUT2D eigenvalue weighted by molar-refractivity contribution is 0.0960. The van der Waals surface area contributed by atoms with E-state index in [2.05, 4.69) is 21.9 Å². The topological polar surface area (TPSA) is 75.2 Å². The van der Waals surface area contributed by atoms with Crippen LogP contribution in [0.5, 0.6) is 0 Å². The van der Waals surface area contributed by atoms with Crippen LogP contribution in [0.2, 0.25) is 0 Å². The third-order valence-electron chi connectivity index (χ3n) is 5.69. The number of amides is 1. The number of hydrogen-bond acceptors (Lipinski definition) is 6. The Bertz CT molecular complexity index is 1520. The number of thiophene rings is 1. The van der Waals surface area contributed by atoms with Crippen LogP contribution in [-0.2, 0) is 0 Å². The van der Waals surface area contributed by atoms with Crippen LogP contribution in [0.25, 0.3) is 15.9 Å². The number of hydrogen-bond donors (Lipinski definition) is 3. The molecule has 6 nitrogen and oxygen atoms in total. The lowest BCUT2D eigenvalue weighted by Crippen LogP contribution is -2.21. The summed E-state index contributed by atoms with van der Waals surface area (Å²) in [7, 11) is 0. The predicted molar refractivity (Wildman–Crippen MR) is 151 cm³/mol. The Balaban J connectivity index is 1.95. The molecule has 2 aromatic carbocycles. The van der Waals surface area contributed by atoms with Crippen molar-refractivity contribution in [2.24, 2.45) is 0 Å². The Morgan fingerprint density at radius 3 is 2.53 bits per heavy atom. The molecule has 186 valence electrons. The fourth-order valence-electron chi connectivity index (χ4n) is 4.04. The molecule has 2 aromatic heterocycles. The molecular weight excluding hydrogens is 495 g/mol. The van der Waals surface area contributed by atoms with Crippen LogP contribution >= 0.6 is 23.3 Å². The van der Waals surface area contributed by atoms with Crippen molar-refractivity contribution in [3.8, 4) is 5.69 Å². The summed E-state index contributed by atoms with van der Waals surface area (Å²) in [5.41, 5.74) is 5.17. The highest BCUT2D eigenvalue weighted by atomic mass is 32.2. The summed E-state index contributed by atoms with van der Waals surface area (Å²) in [4.78, 5) is 26.7. The zero-order valence-electron chi connectivity index (χ0n) is 20.5. The Labute approximate surface area is 217 Å². The van der Waals surface area contributed by atoms with Crippen molar-refractivity contribution in [2.45, 2.75) is 27.7 Å². The van der Waals surface area contributed by atoms with Gasteiger partial charge in [-0.15, -0.1) is 11.3 Å². The van der Waals surface area contributed by atoms with Crippen LogP contribution in [0.4, 0.5) is 21.5 Å². The maximum absolute atomic E-state index is 13.9. The van der Waals surface area contributed by atoms with Gasteiger partial charge in [-0.1, -0.05) is 6.58 Å². The molecule has 1 amide bonds. The average Bonchev–Trinajstić information content (AvgIpc) is 3.29. The number of fused-ring (bicyclic) bond motifs is 1. The van der Waals surface area contributed by atoms with Gasteiger partial charge in [0.15, 0.2) is 5.43 Å². The third kappa shape index (κ3) is 5.03. The van der Waals surface area contributed by atoms with E-state index in [-0.39, 0.29) is 17.2 Å². The second-order valence-electron chi connectivity index (χ2n) is 8.36. The third-order valence-corrected chi connectivity index (χ3v) is 7.35. The van der Waals surface area contributed by atoms with Gasteiger partial charge in [0, 0.05) is 29.7 Å². The molecule has 36 heavy (non-hydrogen) atoms. The first-order chi connectivity index (χ1) is 17.2. The number of nitrogens with one attached hydrogen (secondary N) is 3. The molecule has 0 aliphatic heterocycles. The Hall–Kier alpha value is -3.56. The minimum absolute atomic E-state index is 0.107. The number of carbonyl (C=O) groups excluding carboxylic acids is 1. The van der Waals surface area contributed by atoms with Crippen molar-refractivity contribution >= 4 is 56.5 Å². The molecule has 4 rings (SSSR count). The first-order valence-corrected chi connectivity index (χ1v) is 13.1. The van der Waals surface area contributed by atoms with Crippen LogP contribution in [0.1, 0.15) is 33.3 Å².